The molecular formula is C17H24N4. The van der Waals surface area contributed by atoms with Crippen molar-refractivity contribution in [3.05, 3.63) is 40.7 Å². The van der Waals surface area contributed by atoms with Crippen molar-refractivity contribution in [3.8, 4) is 0 Å². The lowest BCUT2D eigenvalue weighted by molar-refractivity contribution is 0.772. The highest BCUT2D eigenvalue weighted by atomic mass is 15.2. The summed E-state index contributed by atoms with van der Waals surface area (Å²) in [5, 5.41) is 0. The van der Waals surface area contributed by atoms with E-state index in [1.807, 2.05) is 14.0 Å². The zero-order valence-electron chi connectivity index (χ0n) is 13.7. The molecule has 2 aromatic rings. The quantitative estimate of drug-likeness (QED) is 0.929. The molecule has 0 saturated carbocycles. The zero-order chi connectivity index (χ0) is 15.7. The molecular weight excluding hydrogens is 260 g/mol. The molecule has 2 N–H and O–H groups in total. The SMILES string of the molecule is Cc1ccc(N(C)c2nc(C(C)C)nc(N)c2C)c(C)c1. The van der Waals surface area contributed by atoms with E-state index in [9.17, 15) is 0 Å². The van der Waals surface area contributed by atoms with E-state index in [-0.39, 0.29) is 5.92 Å². The Morgan fingerprint density at radius 1 is 1.10 bits per heavy atom. The third-order valence-electron chi connectivity index (χ3n) is 3.72. The van der Waals surface area contributed by atoms with Crippen molar-refractivity contribution in [1.29, 1.82) is 0 Å². The van der Waals surface area contributed by atoms with Crippen molar-refractivity contribution in [2.75, 3.05) is 17.7 Å². The van der Waals surface area contributed by atoms with Gasteiger partial charge in [0, 0.05) is 24.2 Å². The third kappa shape index (κ3) is 2.99. The number of benzene rings is 1. The number of anilines is 3. The summed E-state index contributed by atoms with van der Waals surface area (Å²) in [6.45, 7) is 10.3. The van der Waals surface area contributed by atoms with Crippen LogP contribution in [0.15, 0.2) is 18.2 Å². The summed E-state index contributed by atoms with van der Waals surface area (Å²) < 4.78 is 0. The molecule has 4 nitrogen and oxygen atoms in total. The molecule has 2 rings (SSSR count). The van der Waals surface area contributed by atoms with Crippen LogP contribution in [0.4, 0.5) is 17.3 Å². The first-order valence-corrected chi connectivity index (χ1v) is 7.26. The monoisotopic (exact) mass is 284 g/mol. The van der Waals surface area contributed by atoms with Gasteiger partial charge in [0.05, 0.1) is 0 Å². The van der Waals surface area contributed by atoms with Crippen molar-refractivity contribution in [3.63, 3.8) is 0 Å². The predicted molar refractivity (Wildman–Crippen MR) is 89.2 cm³/mol. The molecule has 0 amide bonds. The molecule has 21 heavy (non-hydrogen) atoms. The zero-order valence-corrected chi connectivity index (χ0v) is 13.7. The van der Waals surface area contributed by atoms with Crippen molar-refractivity contribution in [1.82, 2.24) is 9.97 Å². The fourth-order valence-corrected chi connectivity index (χ4v) is 2.42. The molecule has 0 unspecified atom stereocenters. The Hall–Kier alpha value is -2.10. The minimum Gasteiger partial charge on any atom is -0.383 e. The molecule has 1 aromatic carbocycles. The fourth-order valence-electron chi connectivity index (χ4n) is 2.42. The van der Waals surface area contributed by atoms with Gasteiger partial charge >= 0.3 is 0 Å². The molecule has 0 radical (unpaired) electrons. The summed E-state index contributed by atoms with van der Waals surface area (Å²) in [4.78, 5) is 11.2. The molecule has 0 bridgehead atoms. The van der Waals surface area contributed by atoms with Crippen molar-refractivity contribution in [2.24, 2.45) is 0 Å². The van der Waals surface area contributed by atoms with Crippen LogP contribution in [-0.2, 0) is 0 Å². The lowest BCUT2D eigenvalue weighted by atomic mass is 10.1. The van der Waals surface area contributed by atoms with Crippen LogP contribution in [0, 0.1) is 20.8 Å². The van der Waals surface area contributed by atoms with Crippen LogP contribution in [0.2, 0.25) is 0 Å². The number of nitrogens with two attached hydrogens (primary N) is 1. The van der Waals surface area contributed by atoms with E-state index >= 15 is 0 Å². The van der Waals surface area contributed by atoms with Crippen LogP contribution in [-0.4, -0.2) is 17.0 Å². The lowest BCUT2D eigenvalue weighted by Gasteiger charge is -2.24. The van der Waals surface area contributed by atoms with Crippen LogP contribution in [0.25, 0.3) is 0 Å². The highest BCUT2D eigenvalue weighted by Gasteiger charge is 2.16. The summed E-state index contributed by atoms with van der Waals surface area (Å²) in [7, 11) is 2.02. The van der Waals surface area contributed by atoms with E-state index in [1.165, 1.54) is 11.1 Å². The van der Waals surface area contributed by atoms with Crippen LogP contribution in [0.5, 0.6) is 0 Å². The maximum Gasteiger partial charge on any atom is 0.141 e. The third-order valence-corrected chi connectivity index (χ3v) is 3.72. The first-order valence-electron chi connectivity index (χ1n) is 7.26. The van der Waals surface area contributed by atoms with Gasteiger partial charge < -0.3 is 10.6 Å². The van der Waals surface area contributed by atoms with Crippen molar-refractivity contribution >= 4 is 17.3 Å². The van der Waals surface area contributed by atoms with Gasteiger partial charge in [0.2, 0.25) is 0 Å². The molecule has 1 heterocycles. The van der Waals surface area contributed by atoms with Crippen molar-refractivity contribution in [2.45, 2.75) is 40.5 Å². The summed E-state index contributed by atoms with van der Waals surface area (Å²) in [6, 6.07) is 6.41. The Balaban J connectivity index is 2.54. The van der Waals surface area contributed by atoms with Gasteiger partial charge in [-0.3, -0.25) is 0 Å². The Morgan fingerprint density at radius 3 is 2.33 bits per heavy atom. The van der Waals surface area contributed by atoms with Gasteiger partial charge in [-0.05, 0) is 32.4 Å². The lowest BCUT2D eigenvalue weighted by Crippen LogP contribution is -2.17. The molecule has 0 aliphatic heterocycles. The second-order valence-corrected chi connectivity index (χ2v) is 5.92. The number of aryl methyl sites for hydroxylation is 2. The maximum absolute atomic E-state index is 6.06. The van der Waals surface area contributed by atoms with Crippen LogP contribution in [0.1, 0.15) is 42.3 Å². The highest BCUT2D eigenvalue weighted by Crippen LogP contribution is 2.31. The summed E-state index contributed by atoms with van der Waals surface area (Å²) >= 11 is 0. The molecule has 112 valence electrons. The van der Waals surface area contributed by atoms with Crippen LogP contribution in [0.3, 0.4) is 0 Å². The van der Waals surface area contributed by atoms with Gasteiger partial charge in [-0.15, -0.1) is 0 Å². The number of hydrogen-bond acceptors (Lipinski definition) is 4. The minimum atomic E-state index is 0.249. The standard InChI is InChI=1S/C17H24N4/c1-10(2)16-19-15(18)13(5)17(20-16)21(6)14-8-7-11(3)9-12(14)4/h7-10H,1-6H3,(H2,18,19,20). The molecule has 0 atom stereocenters. The van der Waals surface area contributed by atoms with Gasteiger partial charge in [-0.2, -0.15) is 0 Å². The summed E-state index contributed by atoms with van der Waals surface area (Å²) in [5.41, 5.74) is 10.6. The van der Waals surface area contributed by atoms with E-state index in [0.29, 0.717) is 5.82 Å². The van der Waals surface area contributed by atoms with Gasteiger partial charge in [-0.1, -0.05) is 31.5 Å². The first kappa shape index (κ1) is 15.3. The average Bonchev–Trinajstić information content (AvgIpc) is 2.40. The number of rotatable bonds is 3. The highest BCUT2D eigenvalue weighted by molar-refractivity contribution is 5.68. The number of aromatic nitrogens is 2. The minimum absolute atomic E-state index is 0.249. The molecule has 0 aliphatic rings. The molecule has 0 saturated heterocycles. The number of nitrogen functional groups attached to an aromatic ring is 1. The van der Waals surface area contributed by atoms with Crippen LogP contribution >= 0.6 is 0 Å². The Kier molecular flexibility index (Phi) is 4.16. The average molecular weight is 284 g/mol. The van der Waals surface area contributed by atoms with E-state index in [2.05, 4.69) is 55.8 Å². The smallest absolute Gasteiger partial charge is 0.141 e. The predicted octanol–water partition coefficient (Wildman–Crippen LogP) is 3.88. The molecule has 0 spiro atoms. The van der Waals surface area contributed by atoms with E-state index in [4.69, 9.17) is 10.7 Å². The van der Waals surface area contributed by atoms with E-state index in [1.54, 1.807) is 0 Å². The van der Waals surface area contributed by atoms with Crippen LogP contribution < -0.4 is 10.6 Å². The van der Waals surface area contributed by atoms with E-state index in [0.717, 1.165) is 22.9 Å². The number of hydrogen-bond donors (Lipinski definition) is 1. The second kappa shape index (κ2) is 5.72. The topological polar surface area (TPSA) is 55.0 Å². The van der Waals surface area contributed by atoms with Gasteiger partial charge in [-0.25, -0.2) is 9.97 Å². The first-order chi connectivity index (χ1) is 9.81. The summed E-state index contributed by atoms with van der Waals surface area (Å²) in [6.07, 6.45) is 0. The van der Waals surface area contributed by atoms with Gasteiger partial charge in [0.25, 0.3) is 0 Å². The Bertz CT molecular complexity index is 662. The molecule has 0 aliphatic carbocycles. The molecule has 4 heteroatoms. The second-order valence-electron chi connectivity index (χ2n) is 5.92. The number of nitrogens with zero attached hydrogens (tertiary/aromatic N) is 3. The largest absolute Gasteiger partial charge is 0.383 e. The normalized spacial score (nSPS) is 11.0. The molecule has 0 fully saturated rings. The Morgan fingerprint density at radius 2 is 1.76 bits per heavy atom. The Labute approximate surface area is 127 Å². The van der Waals surface area contributed by atoms with E-state index < -0.39 is 0 Å². The van der Waals surface area contributed by atoms with Gasteiger partial charge in [0.1, 0.15) is 17.5 Å². The fraction of sp³-hybridized carbons (Fsp3) is 0.412. The van der Waals surface area contributed by atoms with Gasteiger partial charge in [0.15, 0.2) is 0 Å². The van der Waals surface area contributed by atoms with Crippen molar-refractivity contribution < 1.29 is 0 Å². The maximum atomic E-state index is 6.06. The summed E-state index contributed by atoms with van der Waals surface area (Å²) in [5.74, 6) is 2.46. The molecule has 1 aromatic heterocycles.